The molecule has 0 spiro atoms. The molecule has 0 saturated heterocycles. The highest BCUT2D eigenvalue weighted by atomic mass is 16.5. The normalized spacial score (nSPS) is 10.3. The van der Waals surface area contributed by atoms with Gasteiger partial charge in [0, 0.05) is 0 Å². The first-order valence-electron chi connectivity index (χ1n) is 8.99. The van der Waals surface area contributed by atoms with Gasteiger partial charge in [0.1, 0.15) is 18.1 Å². The standard InChI is InChI=1S/C14H14O.C11H10O/c1-3-8-15-14-7-6-12-9-11(2)4-5-13(12)10-14;1-8-2-3-10-7-11(12)5-4-9(10)6-8/h3-7,9-10H,1,8H2,2H3;2-7,12H,1H3. The summed E-state index contributed by atoms with van der Waals surface area (Å²) in [5.41, 5.74) is 2.52. The topological polar surface area (TPSA) is 29.5 Å². The largest absolute Gasteiger partial charge is 0.508 e. The molecule has 0 aliphatic carbocycles. The van der Waals surface area contributed by atoms with Crippen molar-refractivity contribution >= 4 is 21.5 Å². The van der Waals surface area contributed by atoms with Crippen LogP contribution in [-0.4, -0.2) is 11.7 Å². The third kappa shape index (κ3) is 4.89. The molecule has 0 atom stereocenters. The molecule has 2 nitrogen and oxygen atoms in total. The molecule has 136 valence electrons. The van der Waals surface area contributed by atoms with Crippen LogP contribution in [0.25, 0.3) is 21.5 Å². The van der Waals surface area contributed by atoms with Gasteiger partial charge in [-0.1, -0.05) is 72.3 Å². The van der Waals surface area contributed by atoms with E-state index in [4.69, 9.17) is 4.74 Å². The minimum absolute atomic E-state index is 0.325. The maximum atomic E-state index is 9.20. The summed E-state index contributed by atoms with van der Waals surface area (Å²) in [7, 11) is 0. The molecule has 0 aliphatic rings. The molecular formula is C25H24O2. The Hall–Kier alpha value is -3.26. The minimum Gasteiger partial charge on any atom is -0.508 e. The Balaban J connectivity index is 0.000000159. The van der Waals surface area contributed by atoms with Crippen molar-refractivity contribution < 1.29 is 9.84 Å². The zero-order valence-electron chi connectivity index (χ0n) is 15.8. The summed E-state index contributed by atoms with van der Waals surface area (Å²) in [5, 5.41) is 13.9. The molecule has 4 rings (SSSR count). The van der Waals surface area contributed by atoms with Crippen molar-refractivity contribution in [2.45, 2.75) is 13.8 Å². The SMILES string of the molecule is C=CCOc1ccc2cc(C)ccc2c1.Cc1ccc2cc(O)ccc2c1. The van der Waals surface area contributed by atoms with Gasteiger partial charge in [0.05, 0.1) is 0 Å². The summed E-state index contributed by atoms with van der Waals surface area (Å²) < 4.78 is 5.48. The van der Waals surface area contributed by atoms with E-state index in [1.54, 1.807) is 18.2 Å². The van der Waals surface area contributed by atoms with Gasteiger partial charge >= 0.3 is 0 Å². The molecule has 27 heavy (non-hydrogen) atoms. The quantitative estimate of drug-likeness (QED) is 0.421. The average Bonchev–Trinajstić information content (AvgIpc) is 2.67. The molecule has 4 aromatic rings. The number of aryl methyl sites for hydroxylation is 2. The molecule has 0 aromatic heterocycles. The Labute approximate surface area is 160 Å². The maximum Gasteiger partial charge on any atom is 0.120 e. The first-order chi connectivity index (χ1) is 13.0. The van der Waals surface area contributed by atoms with Crippen LogP contribution in [0.15, 0.2) is 85.5 Å². The fraction of sp³-hybridized carbons (Fsp3) is 0.120. The van der Waals surface area contributed by atoms with Crippen LogP contribution in [0.5, 0.6) is 11.5 Å². The van der Waals surface area contributed by atoms with E-state index in [1.165, 1.54) is 27.3 Å². The van der Waals surface area contributed by atoms with Crippen molar-refractivity contribution in [1.82, 2.24) is 0 Å². The number of rotatable bonds is 3. The third-order valence-corrected chi connectivity index (χ3v) is 4.31. The Bertz CT molecular complexity index is 1040. The summed E-state index contributed by atoms with van der Waals surface area (Å²) in [6.07, 6.45) is 1.75. The van der Waals surface area contributed by atoms with Gasteiger partial charge < -0.3 is 9.84 Å². The van der Waals surface area contributed by atoms with Crippen LogP contribution in [0.4, 0.5) is 0 Å². The van der Waals surface area contributed by atoms with Crippen LogP contribution in [0, 0.1) is 13.8 Å². The zero-order valence-corrected chi connectivity index (χ0v) is 15.8. The van der Waals surface area contributed by atoms with E-state index in [0.717, 1.165) is 11.1 Å². The number of phenols is 1. The predicted octanol–water partition coefficient (Wildman–Crippen LogP) is 6.57. The monoisotopic (exact) mass is 356 g/mol. The highest BCUT2D eigenvalue weighted by Crippen LogP contribution is 2.22. The summed E-state index contributed by atoms with van der Waals surface area (Å²) in [5.74, 6) is 1.22. The van der Waals surface area contributed by atoms with E-state index in [0.29, 0.717) is 12.4 Å². The van der Waals surface area contributed by atoms with Crippen molar-refractivity contribution in [3.05, 3.63) is 96.6 Å². The Morgan fingerprint density at radius 3 is 1.89 bits per heavy atom. The molecule has 2 heteroatoms. The van der Waals surface area contributed by atoms with E-state index < -0.39 is 0 Å². The average molecular weight is 356 g/mol. The van der Waals surface area contributed by atoms with Crippen molar-refractivity contribution in [1.29, 1.82) is 0 Å². The number of hydrogen-bond donors (Lipinski definition) is 1. The lowest BCUT2D eigenvalue weighted by atomic mass is 10.1. The van der Waals surface area contributed by atoms with Gasteiger partial charge in [-0.05, 0) is 59.7 Å². The second-order valence-electron chi connectivity index (χ2n) is 6.65. The molecule has 0 heterocycles. The fourth-order valence-corrected chi connectivity index (χ4v) is 2.94. The predicted molar refractivity (Wildman–Crippen MR) is 115 cm³/mol. The summed E-state index contributed by atoms with van der Waals surface area (Å²) >= 11 is 0. The van der Waals surface area contributed by atoms with E-state index in [1.807, 2.05) is 24.3 Å². The molecule has 0 bridgehead atoms. The van der Waals surface area contributed by atoms with Crippen LogP contribution in [0.2, 0.25) is 0 Å². The second kappa shape index (κ2) is 8.41. The number of phenolic OH excluding ortho intramolecular Hbond substituents is 1. The molecule has 0 saturated carbocycles. The number of hydrogen-bond acceptors (Lipinski definition) is 2. The lowest BCUT2D eigenvalue weighted by molar-refractivity contribution is 0.364. The van der Waals surface area contributed by atoms with Crippen LogP contribution in [0.3, 0.4) is 0 Å². The number of aromatic hydroxyl groups is 1. The number of ether oxygens (including phenoxy) is 1. The number of fused-ring (bicyclic) bond motifs is 2. The second-order valence-corrected chi connectivity index (χ2v) is 6.65. The minimum atomic E-state index is 0.325. The Morgan fingerprint density at radius 1 is 0.741 bits per heavy atom. The molecule has 0 radical (unpaired) electrons. The molecule has 0 amide bonds. The van der Waals surface area contributed by atoms with Gasteiger partial charge in [0.25, 0.3) is 0 Å². The fourth-order valence-electron chi connectivity index (χ4n) is 2.94. The lowest BCUT2D eigenvalue weighted by Gasteiger charge is -2.05. The molecule has 0 fully saturated rings. The molecule has 4 aromatic carbocycles. The first kappa shape index (κ1) is 18.5. The highest BCUT2D eigenvalue weighted by Gasteiger charge is 1.97. The van der Waals surface area contributed by atoms with Crippen LogP contribution >= 0.6 is 0 Å². The van der Waals surface area contributed by atoms with Crippen molar-refractivity contribution in [2.75, 3.05) is 6.61 Å². The molecule has 0 aliphatic heterocycles. The van der Waals surface area contributed by atoms with Gasteiger partial charge in [0.15, 0.2) is 0 Å². The molecular weight excluding hydrogens is 332 g/mol. The van der Waals surface area contributed by atoms with E-state index in [-0.39, 0.29) is 0 Å². The molecule has 0 unspecified atom stereocenters. The molecule has 1 N–H and O–H groups in total. The van der Waals surface area contributed by atoms with Gasteiger partial charge in [-0.3, -0.25) is 0 Å². The maximum absolute atomic E-state index is 9.20. The highest BCUT2D eigenvalue weighted by molar-refractivity contribution is 5.85. The smallest absolute Gasteiger partial charge is 0.120 e. The Morgan fingerprint density at radius 2 is 1.26 bits per heavy atom. The van der Waals surface area contributed by atoms with Crippen molar-refractivity contribution in [2.24, 2.45) is 0 Å². The summed E-state index contributed by atoms with van der Waals surface area (Å²) in [6.45, 7) is 8.34. The Kier molecular flexibility index (Phi) is 5.77. The summed E-state index contributed by atoms with van der Waals surface area (Å²) in [4.78, 5) is 0. The third-order valence-electron chi connectivity index (χ3n) is 4.31. The van der Waals surface area contributed by atoms with E-state index in [2.05, 4.69) is 56.8 Å². The van der Waals surface area contributed by atoms with E-state index >= 15 is 0 Å². The van der Waals surface area contributed by atoms with E-state index in [9.17, 15) is 5.11 Å². The van der Waals surface area contributed by atoms with Crippen LogP contribution < -0.4 is 4.74 Å². The summed E-state index contributed by atoms with van der Waals surface area (Å²) in [6, 6.07) is 24.1. The van der Waals surface area contributed by atoms with Gasteiger partial charge in [-0.2, -0.15) is 0 Å². The van der Waals surface area contributed by atoms with Crippen LogP contribution in [0.1, 0.15) is 11.1 Å². The lowest BCUT2D eigenvalue weighted by Crippen LogP contribution is -1.92. The first-order valence-corrected chi connectivity index (χ1v) is 8.99. The number of benzene rings is 4. The van der Waals surface area contributed by atoms with Gasteiger partial charge in [-0.15, -0.1) is 0 Å². The zero-order chi connectivity index (χ0) is 19.2. The van der Waals surface area contributed by atoms with Crippen molar-refractivity contribution in [3.63, 3.8) is 0 Å². The van der Waals surface area contributed by atoms with Gasteiger partial charge in [0.2, 0.25) is 0 Å². The van der Waals surface area contributed by atoms with Crippen LogP contribution in [-0.2, 0) is 0 Å². The van der Waals surface area contributed by atoms with Crippen molar-refractivity contribution in [3.8, 4) is 11.5 Å². The van der Waals surface area contributed by atoms with Gasteiger partial charge in [-0.25, -0.2) is 0 Å².